The Bertz CT molecular complexity index is 157. The molecule has 0 saturated carbocycles. The fraction of sp³-hybridized carbons (Fsp3) is 1.00. The predicted octanol–water partition coefficient (Wildman–Crippen LogP) is -3.35. The first-order chi connectivity index (χ1) is 3.71. The number of hydrogen-bond acceptors (Lipinski definition) is 6. The van der Waals surface area contributed by atoms with Gasteiger partial charge in [-0.1, -0.05) is 15.2 Å². The summed E-state index contributed by atoms with van der Waals surface area (Å²) in [5, 5.41) is 0. The Kier molecular flexibility index (Phi) is 9.06. The maximum Gasteiger partial charge on any atom is 0.00301 e. The molecule has 0 spiro atoms. The second-order valence-corrected chi connectivity index (χ2v) is 4.94. The summed E-state index contributed by atoms with van der Waals surface area (Å²) in [5.74, 6) is -1.82. The van der Waals surface area contributed by atoms with Crippen LogP contribution in [0.2, 0.25) is 0 Å². The summed E-state index contributed by atoms with van der Waals surface area (Å²) in [4.78, 5) is 38.2. The molecule has 0 saturated heterocycles. The Morgan fingerprint density at radius 1 is 0.909 bits per heavy atom. The van der Waals surface area contributed by atoms with Crippen LogP contribution < -0.4 is 19.6 Å². The molecule has 0 fully saturated rings. The Morgan fingerprint density at radius 3 is 1.09 bits per heavy atom. The van der Waals surface area contributed by atoms with Gasteiger partial charge in [-0.05, 0) is 0 Å². The molecule has 70 valence electrons. The van der Waals surface area contributed by atoms with Crippen LogP contribution in [0.3, 0.4) is 0 Å². The van der Waals surface area contributed by atoms with Crippen molar-refractivity contribution < 1.29 is 55.2 Å². The van der Waals surface area contributed by atoms with E-state index < -0.39 is 21.1 Å². The minimum absolute atomic E-state index is 0. The zero-order chi connectivity index (χ0) is 7.71. The van der Waals surface area contributed by atoms with Gasteiger partial charge in [0.15, 0.2) is 0 Å². The molecule has 0 bridgehead atoms. The maximum absolute atomic E-state index is 9.55. The van der Waals surface area contributed by atoms with E-state index in [2.05, 4.69) is 0 Å². The summed E-state index contributed by atoms with van der Waals surface area (Å²) in [6, 6.07) is 0. The first-order valence-electron chi connectivity index (χ1n) is 1.73. The molecule has 0 rings (SSSR count). The quantitative estimate of drug-likeness (QED) is 0.462. The van der Waals surface area contributed by atoms with Crippen LogP contribution in [0.4, 0.5) is 0 Å². The molecule has 0 aromatic heterocycles. The second-order valence-electron chi connectivity index (χ2n) is 1.36. The third kappa shape index (κ3) is 18.2. The molecule has 0 aliphatic carbocycles. The van der Waals surface area contributed by atoms with E-state index in [0.29, 0.717) is 0 Å². The van der Waals surface area contributed by atoms with Crippen LogP contribution in [0.5, 0.6) is 0 Å². The minimum atomic E-state index is -5.18. The third-order valence-electron chi connectivity index (χ3n) is 0.346. The fourth-order valence-electron chi connectivity index (χ4n) is 0.212. The number of rotatable bonds is 2. The smallest absolute Gasteiger partial charge is 0.00301 e. The van der Waals surface area contributed by atoms with E-state index in [1.807, 2.05) is 0 Å². The summed E-state index contributed by atoms with van der Waals surface area (Å²) >= 11 is 0. The molecule has 0 heterocycles. The summed E-state index contributed by atoms with van der Waals surface area (Å²) in [7, 11) is -10.4. The Hall–Kier alpha value is 0.948. The monoisotopic (exact) mass is 372 g/mol. The summed E-state index contributed by atoms with van der Waals surface area (Å²) < 4.78 is 19.1. The van der Waals surface area contributed by atoms with Crippen LogP contribution >= 0.6 is 15.2 Å². The van der Waals surface area contributed by atoms with E-state index in [1.54, 1.807) is 0 Å². The molecule has 0 aromatic carbocycles. The third-order valence-corrected chi connectivity index (χ3v) is 3.12. The molecule has 0 N–H and O–H groups in total. The van der Waals surface area contributed by atoms with E-state index in [4.69, 9.17) is 0 Å². The molecule has 0 aromatic rings. The molecule has 7 nitrogen and oxygen atoms in total. The van der Waals surface area contributed by atoms with E-state index in [-0.39, 0.29) is 26.5 Å². The predicted molar refractivity (Wildman–Crippen MR) is 20.8 cm³/mol. The van der Waals surface area contributed by atoms with Crippen LogP contribution in [-0.2, 0) is 35.7 Å². The molecule has 10 heteroatoms. The molecule has 0 radical (unpaired) electrons. The van der Waals surface area contributed by atoms with Crippen molar-refractivity contribution in [3.8, 4) is 0 Å². The van der Waals surface area contributed by atoms with Gasteiger partial charge in [-0.2, -0.15) is 0 Å². The van der Waals surface area contributed by atoms with Crippen molar-refractivity contribution in [3.63, 3.8) is 0 Å². The van der Waals surface area contributed by atoms with Crippen LogP contribution in [0.25, 0.3) is 0 Å². The SMILES string of the molecule is O=P([O-])([O-])CP(=O)([O-])[O-].[O-2].[W]. The van der Waals surface area contributed by atoms with Crippen molar-refractivity contribution in [3.05, 3.63) is 0 Å². The van der Waals surface area contributed by atoms with Gasteiger partial charge in [0.1, 0.15) is 0 Å². The van der Waals surface area contributed by atoms with Crippen molar-refractivity contribution in [1.29, 1.82) is 0 Å². The van der Waals surface area contributed by atoms with Gasteiger partial charge in [0.25, 0.3) is 0 Å². The standard InChI is InChI=1S/CH6O6P2.O.W/c2-8(3,4)1-9(5,6)7;;/h1H2,(H2,2,3,4)(H2,5,6,7);;/q;-2;/p-4. The minimum Gasteiger partial charge on any atom is -2.00 e. The average Bonchev–Trinajstić information content (AvgIpc) is 1.14. The van der Waals surface area contributed by atoms with Gasteiger partial charge >= 0.3 is 0 Å². The molecule has 11 heavy (non-hydrogen) atoms. The fourth-order valence-corrected chi connectivity index (χ4v) is 1.91. The normalized spacial score (nSPS) is 11.3. The van der Waals surface area contributed by atoms with Crippen molar-refractivity contribution in [2.75, 3.05) is 5.90 Å². The molecular weight excluding hydrogens is 370 g/mol. The van der Waals surface area contributed by atoms with E-state index in [9.17, 15) is 28.7 Å². The van der Waals surface area contributed by atoms with Crippen molar-refractivity contribution in [2.24, 2.45) is 0 Å². The van der Waals surface area contributed by atoms with Gasteiger partial charge in [-0.25, -0.2) is 0 Å². The van der Waals surface area contributed by atoms with E-state index in [1.165, 1.54) is 0 Å². The average molecular weight is 372 g/mol. The van der Waals surface area contributed by atoms with Gasteiger partial charge in [0.05, 0.1) is 0 Å². The first-order valence-corrected chi connectivity index (χ1v) is 5.18. The van der Waals surface area contributed by atoms with Crippen LogP contribution in [0, 0.1) is 0 Å². The molecule has 0 atom stereocenters. The number of hydrogen-bond donors (Lipinski definition) is 0. The summed E-state index contributed by atoms with van der Waals surface area (Å²) in [6.07, 6.45) is 0. The molecule has 0 aliphatic rings. The van der Waals surface area contributed by atoms with Gasteiger partial charge in [0.2, 0.25) is 0 Å². The van der Waals surface area contributed by atoms with Gasteiger partial charge < -0.3 is 34.2 Å². The van der Waals surface area contributed by atoms with E-state index in [0.717, 1.165) is 0 Å². The van der Waals surface area contributed by atoms with Crippen LogP contribution in [0.1, 0.15) is 0 Å². The Balaban J connectivity index is -0.000000320. The molecule has 0 amide bonds. The Morgan fingerprint density at radius 2 is 1.09 bits per heavy atom. The van der Waals surface area contributed by atoms with Gasteiger partial charge in [0, 0.05) is 27.0 Å². The zero-order valence-corrected chi connectivity index (χ0v) is 9.59. The largest absolute Gasteiger partial charge is 2.00 e. The summed E-state index contributed by atoms with van der Waals surface area (Å²) in [5.41, 5.74) is 0. The first kappa shape index (κ1) is 17.9. The topological polar surface area (TPSA) is 155 Å². The van der Waals surface area contributed by atoms with Crippen molar-refractivity contribution in [2.45, 2.75) is 0 Å². The van der Waals surface area contributed by atoms with Crippen molar-refractivity contribution >= 4 is 15.2 Å². The Labute approximate surface area is 76.7 Å². The van der Waals surface area contributed by atoms with E-state index >= 15 is 0 Å². The maximum atomic E-state index is 9.55. The molecule has 0 aliphatic heterocycles. The second kappa shape index (κ2) is 5.57. The molecular formula is CH2O7P2W-6. The molecule has 0 unspecified atom stereocenters. The van der Waals surface area contributed by atoms with Gasteiger partial charge in [-0.15, -0.1) is 0 Å². The van der Waals surface area contributed by atoms with Crippen LogP contribution in [0.15, 0.2) is 0 Å². The van der Waals surface area contributed by atoms with Gasteiger partial charge in [-0.3, -0.25) is 0 Å². The van der Waals surface area contributed by atoms with Crippen LogP contribution in [-0.4, -0.2) is 5.90 Å². The summed E-state index contributed by atoms with van der Waals surface area (Å²) in [6.45, 7) is 0. The zero-order valence-electron chi connectivity index (χ0n) is 4.87. The van der Waals surface area contributed by atoms with Crippen molar-refractivity contribution in [1.82, 2.24) is 0 Å².